The molecule has 2 heterocycles. The average Bonchev–Trinajstić information content (AvgIpc) is 2.91. The van der Waals surface area contributed by atoms with Gasteiger partial charge in [0.25, 0.3) is 0 Å². The second-order valence-corrected chi connectivity index (χ2v) is 5.09. The van der Waals surface area contributed by atoms with Gasteiger partial charge in [-0.3, -0.25) is 4.98 Å². The third kappa shape index (κ3) is 2.28. The van der Waals surface area contributed by atoms with E-state index in [1.807, 2.05) is 35.7 Å². The van der Waals surface area contributed by atoms with Crippen LogP contribution in [0.5, 0.6) is 0 Å². The van der Waals surface area contributed by atoms with E-state index in [0.717, 1.165) is 16.5 Å². The number of pyridine rings is 1. The van der Waals surface area contributed by atoms with Crippen molar-refractivity contribution in [1.82, 2.24) is 4.98 Å². The van der Waals surface area contributed by atoms with E-state index in [2.05, 4.69) is 16.4 Å². The molecule has 1 N–H and O–H groups in total. The highest BCUT2D eigenvalue weighted by molar-refractivity contribution is 7.07. The summed E-state index contributed by atoms with van der Waals surface area (Å²) in [5, 5.41) is 15.4. The maximum absolute atomic E-state index is 10.2. The fourth-order valence-corrected chi connectivity index (χ4v) is 2.73. The first-order valence-electron chi connectivity index (χ1n) is 5.87. The van der Waals surface area contributed by atoms with Crippen molar-refractivity contribution in [2.75, 3.05) is 0 Å². The minimum atomic E-state index is -0.454. The third-order valence-corrected chi connectivity index (χ3v) is 3.75. The first kappa shape index (κ1) is 11.4. The van der Waals surface area contributed by atoms with E-state index in [9.17, 15) is 5.11 Å². The van der Waals surface area contributed by atoms with Gasteiger partial charge < -0.3 is 5.11 Å². The highest BCUT2D eigenvalue weighted by Gasteiger charge is 2.09. The summed E-state index contributed by atoms with van der Waals surface area (Å²) in [6, 6.07) is 11.9. The summed E-state index contributed by atoms with van der Waals surface area (Å²) in [4.78, 5) is 4.28. The molecule has 0 spiro atoms. The van der Waals surface area contributed by atoms with Crippen molar-refractivity contribution >= 4 is 22.2 Å². The molecule has 3 rings (SSSR count). The fourth-order valence-electron chi connectivity index (χ4n) is 2.05. The van der Waals surface area contributed by atoms with E-state index in [0.29, 0.717) is 6.42 Å². The van der Waals surface area contributed by atoms with Crippen LogP contribution in [0.15, 0.2) is 53.4 Å². The molecule has 0 aliphatic carbocycles. The smallest absolute Gasteiger partial charge is 0.0830 e. The van der Waals surface area contributed by atoms with Gasteiger partial charge in [-0.25, -0.2) is 0 Å². The van der Waals surface area contributed by atoms with Crippen molar-refractivity contribution in [2.45, 2.75) is 12.5 Å². The molecule has 2 nitrogen and oxygen atoms in total. The van der Waals surface area contributed by atoms with Gasteiger partial charge >= 0.3 is 0 Å². The van der Waals surface area contributed by atoms with Crippen molar-refractivity contribution < 1.29 is 5.11 Å². The summed E-state index contributed by atoms with van der Waals surface area (Å²) < 4.78 is 0. The van der Waals surface area contributed by atoms with Gasteiger partial charge in [0.1, 0.15) is 0 Å². The van der Waals surface area contributed by atoms with Crippen molar-refractivity contribution in [3.05, 3.63) is 64.5 Å². The summed E-state index contributed by atoms with van der Waals surface area (Å²) >= 11 is 1.66. The molecule has 2 aromatic heterocycles. The van der Waals surface area contributed by atoms with Crippen LogP contribution in [0.25, 0.3) is 10.9 Å². The van der Waals surface area contributed by atoms with Crippen LogP contribution >= 0.6 is 11.3 Å². The summed E-state index contributed by atoms with van der Waals surface area (Å²) in [6.45, 7) is 0. The number of aromatic nitrogens is 1. The molecular formula is C15H13NOS. The zero-order chi connectivity index (χ0) is 12.4. The predicted molar refractivity (Wildman–Crippen MR) is 74.7 cm³/mol. The SMILES string of the molecule is OC(Cc1ccsc1)c1ccc2ncccc2c1. The molecule has 0 amide bonds. The molecule has 90 valence electrons. The topological polar surface area (TPSA) is 33.1 Å². The Morgan fingerprint density at radius 1 is 1.22 bits per heavy atom. The van der Waals surface area contributed by atoms with Crippen LogP contribution in [0.4, 0.5) is 0 Å². The Kier molecular flexibility index (Phi) is 3.09. The number of hydrogen-bond donors (Lipinski definition) is 1. The summed E-state index contributed by atoms with van der Waals surface area (Å²) in [5.74, 6) is 0. The number of thiophene rings is 1. The average molecular weight is 255 g/mol. The molecule has 1 aromatic carbocycles. The highest BCUT2D eigenvalue weighted by atomic mass is 32.1. The number of hydrogen-bond acceptors (Lipinski definition) is 3. The zero-order valence-electron chi connectivity index (χ0n) is 9.78. The Hall–Kier alpha value is -1.71. The lowest BCUT2D eigenvalue weighted by Gasteiger charge is -2.10. The quantitative estimate of drug-likeness (QED) is 0.776. The van der Waals surface area contributed by atoms with Crippen molar-refractivity contribution in [2.24, 2.45) is 0 Å². The predicted octanol–water partition coefficient (Wildman–Crippen LogP) is 3.57. The first-order valence-corrected chi connectivity index (χ1v) is 6.81. The Morgan fingerprint density at radius 3 is 3.00 bits per heavy atom. The third-order valence-electron chi connectivity index (χ3n) is 3.02. The second kappa shape index (κ2) is 4.88. The Morgan fingerprint density at radius 2 is 2.17 bits per heavy atom. The molecule has 18 heavy (non-hydrogen) atoms. The van der Waals surface area contributed by atoms with Gasteiger partial charge in [0.05, 0.1) is 11.6 Å². The van der Waals surface area contributed by atoms with Crippen LogP contribution in [0.1, 0.15) is 17.2 Å². The van der Waals surface area contributed by atoms with Crippen LogP contribution in [0, 0.1) is 0 Å². The minimum absolute atomic E-state index is 0.454. The maximum Gasteiger partial charge on any atom is 0.0830 e. The van der Waals surface area contributed by atoms with Crippen LogP contribution in [0.3, 0.4) is 0 Å². The fraction of sp³-hybridized carbons (Fsp3) is 0.133. The molecule has 0 saturated heterocycles. The van der Waals surface area contributed by atoms with E-state index < -0.39 is 6.10 Å². The number of aliphatic hydroxyl groups is 1. The first-order chi connectivity index (χ1) is 8.83. The van der Waals surface area contributed by atoms with E-state index >= 15 is 0 Å². The van der Waals surface area contributed by atoms with Gasteiger partial charge in [-0.1, -0.05) is 12.1 Å². The molecule has 0 aliphatic heterocycles. The standard InChI is InChI=1S/C15H13NOS/c17-15(8-11-5-7-18-10-11)13-3-4-14-12(9-13)2-1-6-16-14/h1-7,9-10,15,17H,8H2. The molecule has 1 atom stereocenters. The number of rotatable bonds is 3. The van der Waals surface area contributed by atoms with Gasteiger partial charge in [0.2, 0.25) is 0 Å². The maximum atomic E-state index is 10.2. The van der Waals surface area contributed by atoms with Gasteiger partial charge in [-0.2, -0.15) is 11.3 Å². The molecule has 3 aromatic rings. The molecule has 0 radical (unpaired) electrons. The van der Waals surface area contributed by atoms with Gasteiger partial charge in [0, 0.05) is 18.0 Å². The van der Waals surface area contributed by atoms with E-state index in [1.54, 1.807) is 17.5 Å². The summed E-state index contributed by atoms with van der Waals surface area (Å²) in [5.41, 5.74) is 3.09. The van der Waals surface area contributed by atoms with Crippen LogP contribution in [-0.2, 0) is 6.42 Å². The van der Waals surface area contributed by atoms with Crippen LogP contribution in [-0.4, -0.2) is 10.1 Å². The summed E-state index contributed by atoms with van der Waals surface area (Å²) in [7, 11) is 0. The highest BCUT2D eigenvalue weighted by Crippen LogP contribution is 2.22. The second-order valence-electron chi connectivity index (χ2n) is 4.31. The lowest BCUT2D eigenvalue weighted by molar-refractivity contribution is 0.179. The lowest BCUT2D eigenvalue weighted by atomic mass is 10.0. The van der Waals surface area contributed by atoms with Gasteiger partial charge in [0.15, 0.2) is 0 Å². The molecular weight excluding hydrogens is 242 g/mol. The number of nitrogens with zero attached hydrogens (tertiary/aromatic N) is 1. The largest absolute Gasteiger partial charge is 0.388 e. The lowest BCUT2D eigenvalue weighted by Crippen LogP contribution is -2.00. The van der Waals surface area contributed by atoms with E-state index in [-0.39, 0.29) is 0 Å². The Bertz CT molecular complexity index is 648. The molecule has 0 fully saturated rings. The molecule has 0 saturated carbocycles. The number of aliphatic hydroxyl groups excluding tert-OH is 1. The van der Waals surface area contributed by atoms with Crippen LogP contribution < -0.4 is 0 Å². The van der Waals surface area contributed by atoms with Crippen molar-refractivity contribution in [3.63, 3.8) is 0 Å². The van der Waals surface area contributed by atoms with Crippen molar-refractivity contribution in [3.8, 4) is 0 Å². The van der Waals surface area contributed by atoms with Crippen LogP contribution in [0.2, 0.25) is 0 Å². The molecule has 0 aliphatic rings. The normalized spacial score (nSPS) is 12.7. The minimum Gasteiger partial charge on any atom is -0.388 e. The number of benzene rings is 1. The van der Waals surface area contributed by atoms with E-state index in [1.165, 1.54) is 5.56 Å². The van der Waals surface area contributed by atoms with E-state index in [4.69, 9.17) is 0 Å². The summed E-state index contributed by atoms with van der Waals surface area (Å²) in [6.07, 6.45) is 1.99. The van der Waals surface area contributed by atoms with Gasteiger partial charge in [-0.05, 0) is 46.2 Å². The van der Waals surface area contributed by atoms with Gasteiger partial charge in [-0.15, -0.1) is 0 Å². The Balaban J connectivity index is 1.89. The zero-order valence-corrected chi connectivity index (χ0v) is 10.6. The molecule has 3 heteroatoms. The molecule has 0 bridgehead atoms. The Labute approximate surface area is 110 Å². The number of fused-ring (bicyclic) bond motifs is 1. The van der Waals surface area contributed by atoms with Crippen molar-refractivity contribution in [1.29, 1.82) is 0 Å². The monoisotopic (exact) mass is 255 g/mol. The molecule has 1 unspecified atom stereocenters.